The Morgan fingerprint density at radius 2 is 1.38 bits per heavy atom. The number of hydrogen-bond acceptors (Lipinski definition) is 2. The number of nitrogens with zero attached hydrogens (tertiary/aromatic N) is 1. The van der Waals surface area contributed by atoms with Gasteiger partial charge < -0.3 is 5.11 Å². The minimum absolute atomic E-state index is 0.00134. The fourth-order valence-electron chi connectivity index (χ4n) is 2.86. The van der Waals surface area contributed by atoms with E-state index in [4.69, 9.17) is 0 Å². The van der Waals surface area contributed by atoms with Crippen LogP contribution >= 0.6 is 0 Å². The van der Waals surface area contributed by atoms with Crippen molar-refractivity contribution in [2.75, 3.05) is 13.1 Å². The van der Waals surface area contributed by atoms with Crippen LogP contribution in [0, 0.1) is 0 Å². The summed E-state index contributed by atoms with van der Waals surface area (Å²) in [4.78, 5) is 2.35. The fourth-order valence-corrected chi connectivity index (χ4v) is 2.86. The van der Waals surface area contributed by atoms with E-state index in [1.807, 2.05) is 48.5 Å². The van der Waals surface area contributed by atoms with Gasteiger partial charge in [-0.15, -0.1) is 0 Å². The van der Waals surface area contributed by atoms with Crippen molar-refractivity contribution in [2.24, 2.45) is 0 Å². The lowest BCUT2D eigenvalue weighted by molar-refractivity contribution is 0.0498. The van der Waals surface area contributed by atoms with Crippen molar-refractivity contribution < 1.29 is 5.11 Å². The molecule has 2 aromatic rings. The maximum atomic E-state index is 10.9. The van der Waals surface area contributed by atoms with Crippen LogP contribution in [0.25, 0.3) is 0 Å². The highest BCUT2D eigenvalue weighted by Crippen LogP contribution is 2.33. The van der Waals surface area contributed by atoms with Crippen molar-refractivity contribution >= 4 is 0 Å². The third kappa shape index (κ3) is 3.93. The van der Waals surface area contributed by atoms with Crippen molar-refractivity contribution in [2.45, 2.75) is 32.4 Å². The molecule has 2 nitrogen and oxygen atoms in total. The zero-order valence-electron chi connectivity index (χ0n) is 12.9. The molecule has 2 rings (SSSR count). The van der Waals surface area contributed by atoms with Crippen molar-refractivity contribution in [1.29, 1.82) is 0 Å². The number of benzene rings is 2. The molecule has 0 aliphatic rings. The molecule has 0 fully saturated rings. The second-order valence-corrected chi connectivity index (χ2v) is 5.34. The largest absolute Gasteiger partial charge is 0.386 e. The predicted molar refractivity (Wildman–Crippen MR) is 88.1 cm³/mol. The van der Waals surface area contributed by atoms with Gasteiger partial charge in [-0.1, -0.05) is 74.5 Å². The lowest BCUT2D eigenvalue weighted by Crippen LogP contribution is -2.33. The SMILES string of the molecule is CCCN(CC)C(c1ccccc1)C(O)c1ccccc1. The molecule has 0 spiro atoms. The Balaban J connectivity index is 2.35. The molecule has 0 radical (unpaired) electrons. The van der Waals surface area contributed by atoms with E-state index in [9.17, 15) is 5.11 Å². The summed E-state index contributed by atoms with van der Waals surface area (Å²) in [5.74, 6) is 0. The van der Waals surface area contributed by atoms with Crippen LogP contribution in [0.2, 0.25) is 0 Å². The van der Waals surface area contributed by atoms with Gasteiger partial charge in [0.15, 0.2) is 0 Å². The van der Waals surface area contributed by atoms with Gasteiger partial charge in [-0.2, -0.15) is 0 Å². The molecule has 0 aliphatic carbocycles. The summed E-state index contributed by atoms with van der Waals surface area (Å²) in [6, 6.07) is 20.3. The molecule has 0 saturated carbocycles. The molecule has 0 bridgehead atoms. The van der Waals surface area contributed by atoms with Crippen molar-refractivity contribution in [3.63, 3.8) is 0 Å². The standard InChI is InChI=1S/C19H25NO/c1-3-15-20(4-2)18(16-11-7-5-8-12-16)19(21)17-13-9-6-10-14-17/h5-14,18-19,21H,3-4,15H2,1-2H3. The number of rotatable bonds is 7. The first-order valence-corrected chi connectivity index (χ1v) is 7.80. The van der Waals surface area contributed by atoms with Gasteiger partial charge in [0.2, 0.25) is 0 Å². The highest BCUT2D eigenvalue weighted by atomic mass is 16.3. The second-order valence-electron chi connectivity index (χ2n) is 5.34. The molecule has 2 aromatic carbocycles. The molecule has 2 unspecified atom stereocenters. The highest BCUT2D eigenvalue weighted by molar-refractivity contribution is 5.26. The van der Waals surface area contributed by atoms with Crippen molar-refractivity contribution in [1.82, 2.24) is 4.90 Å². The minimum Gasteiger partial charge on any atom is -0.386 e. The molecule has 2 heteroatoms. The molecule has 21 heavy (non-hydrogen) atoms. The summed E-state index contributed by atoms with van der Waals surface area (Å²) in [5.41, 5.74) is 2.14. The quantitative estimate of drug-likeness (QED) is 0.823. The van der Waals surface area contributed by atoms with E-state index >= 15 is 0 Å². The molecule has 0 aliphatic heterocycles. The van der Waals surface area contributed by atoms with Crippen molar-refractivity contribution in [3.05, 3.63) is 71.8 Å². The Morgan fingerprint density at radius 3 is 1.86 bits per heavy atom. The Bertz CT molecular complexity index is 512. The highest BCUT2D eigenvalue weighted by Gasteiger charge is 2.27. The predicted octanol–water partition coefficient (Wildman–Crippen LogP) is 4.19. The lowest BCUT2D eigenvalue weighted by Gasteiger charge is -2.34. The number of likely N-dealkylation sites (N-methyl/N-ethyl adjacent to an activating group) is 1. The molecule has 0 amide bonds. The zero-order valence-corrected chi connectivity index (χ0v) is 12.9. The fraction of sp³-hybridized carbons (Fsp3) is 0.368. The van der Waals surface area contributed by atoms with Gasteiger partial charge in [0, 0.05) is 0 Å². The van der Waals surface area contributed by atoms with Crippen LogP contribution < -0.4 is 0 Å². The number of aliphatic hydroxyl groups excluding tert-OH is 1. The van der Waals surface area contributed by atoms with E-state index in [1.165, 1.54) is 5.56 Å². The number of hydrogen-bond donors (Lipinski definition) is 1. The Labute approximate surface area is 128 Å². The van der Waals surface area contributed by atoms with Gasteiger partial charge in [-0.3, -0.25) is 4.90 Å². The van der Waals surface area contributed by atoms with E-state index in [2.05, 4.69) is 30.9 Å². The van der Waals surface area contributed by atoms with Gasteiger partial charge in [0.25, 0.3) is 0 Å². The summed E-state index contributed by atoms with van der Waals surface area (Å²) in [6.45, 7) is 6.25. The first kappa shape index (κ1) is 15.7. The number of aliphatic hydroxyl groups is 1. The molecule has 0 aromatic heterocycles. The Morgan fingerprint density at radius 1 is 0.857 bits per heavy atom. The lowest BCUT2D eigenvalue weighted by atomic mass is 9.94. The van der Waals surface area contributed by atoms with Gasteiger partial charge in [0.05, 0.1) is 12.1 Å². The maximum Gasteiger partial charge on any atom is 0.0986 e. The summed E-state index contributed by atoms with van der Waals surface area (Å²) in [6.07, 6.45) is 0.568. The maximum absolute atomic E-state index is 10.9. The van der Waals surface area contributed by atoms with Crippen LogP contribution in [-0.2, 0) is 0 Å². The smallest absolute Gasteiger partial charge is 0.0986 e. The Kier molecular flexibility index (Phi) is 5.97. The van der Waals surface area contributed by atoms with E-state index in [-0.39, 0.29) is 6.04 Å². The van der Waals surface area contributed by atoms with Gasteiger partial charge in [0.1, 0.15) is 0 Å². The average Bonchev–Trinajstić information content (AvgIpc) is 2.56. The summed E-state index contributed by atoms with van der Waals surface area (Å²) >= 11 is 0. The molecule has 2 atom stereocenters. The summed E-state index contributed by atoms with van der Waals surface area (Å²) in [5, 5.41) is 10.9. The van der Waals surface area contributed by atoms with E-state index in [0.29, 0.717) is 0 Å². The summed E-state index contributed by atoms with van der Waals surface area (Å²) < 4.78 is 0. The normalized spacial score (nSPS) is 14.1. The van der Waals surface area contributed by atoms with Crippen LogP contribution in [0.15, 0.2) is 60.7 Å². The topological polar surface area (TPSA) is 23.5 Å². The first-order chi connectivity index (χ1) is 10.3. The van der Waals surface area contributed by atoms with Gasteiger partial charge >= 0.3 is 0 Å². The van der Waals surface area contributed by atoms with Gasteiger partial charge in [-0.25, -0.2) is 0 Å². The van der Waals surface area contributed by atoms with Crippen LogP contribution in [0.4, 0.5) is 0 Å². The first-order valence-electron chi connectivity index (χ1n) is 7.80. The molecular formula is C19H25NO. The van der Waals surface area contributed by atoms with Crippen LogP contribution in [0.1, 0.15) is 43.5 Å². The van der Waals surface area contributed by atoms with Crippen LogP contribution in [-0.4, -0.2) is 23.1 Å². The third-order valence-electron chi connectivity index (χ3n) is 3.89. The molecule has 1 N–H and O–H groups in total. The van der Waals surface area contributed by atoms with E-state index in [1.54, 1.807) is 0 Å². The zero-order chi connectivity index (χ0) is 15.1. The third-order valence-corrected chi connectivity index (χ3v) is 3.89. The van der Waals surface area contributed by atoms with Crippen LogP contribution in [0.3, 0.4) is 0 Å². The molecule has 112 valence electrons. The summed E-state index contributed by atoms with van der Waals surface area (Å²) in [7, 11) is 0. The van der Waals surface area contributed by atoms with Crippen molar-refractivity contribution in [3.8, 4) is 0 Å². The Hall–Kier alpha value is -1.64. The average molecular weight is 283 g/mol. The monoisotopic (exact) mass is 283 g/mol. The molecular weight excluding hydrogens is 258 g/mol. The van der Waals surface area contributed by atoms with Gasteiger partial charge in [-0.05, 0) is 30.6 Å². The van der Waals surface area contributed by atoms with E-state index in [0.717, 1.165) is 25.1 Å². The molecule has 0 saturated heterocycles. The minimum atomic E-state index is -0.514. The van der Waals surface area contributed by atoms with E-state index < -0.39 is 6.10 Å². The van der Waals surface area contributed by atoms with Crippen LogP contribution in [0.5, 0.6) is 0 Å². The second kappa shape index (κ2) is 7.96. The molecule has 0 heterocycles.